The molecule has 0 amide bonds. The zero-order valence-electron chi connectivity index (χ0n) is 16.6. The van der Waals surface area contributed by atoms with Gasteiger partial charge in [0.2, 0.25) is 0 Å². The first-order valence-corrected chi connectivity index (χ1v) is 15.0. The van der Waals surface area contributed by atoms with E-state index in [0.717, 1.165) is 14.6 Å². The van der Waals surface area contributed by atoms with Crippen molar-refractivity contribution in [2.24, 2.45) is 0 Å². The minimum atomic E-state index is -1.17. The summed E-state index contributed by atoms with van der Waals surface area (Å²) < 4.78 is 0. The van der Waals surface area contributed by atoms with Crippen LogP contribution in [0.2, 0.25) is 0 Å². The van der Waals surface area contributed by atoms with Crippen molar-refractivity contribution in [1.82, 2.24) is 0 Å². The summed E-state index contributed by atoms with van der Waals surface area (Å²) in [6, 6.07) is 25.3. The molecule has 1 N–H and O–H groups in total. The fourth-order valence-corrected chi connectivity index (χ4v) is 9.69. The van der Waals surface area contributed by atoms with E-state index in [2.05, 4.69) is 88.9 Å². The lowest BCUT2D eigenvalue weighted by Crippen LogP contribution is -2.25. The molecule has 0 saturated heterocycles. The predicted molar refractivity (Wildman–Crippen MR) is 145 cm³/mol. The minimum absolute atomic E-state index is 0.958. The third kappa shape index (κ3) is 3.58. The molecule has 0 spiro atoms. The summed E-state index contributed by atoms with van der Waals surface area (Å²) in [4.78, 5) is 10.2. The van der Waals surface area contributed by atoms with E-state index < -0.39 is 5.60 Å². The lowest BCUT2D eigenvalue weighted by molar-refractivity contribution is 0.137. The standard InChI is InChI=1S/C25H16OS6/c26-25(22-10-7-19(30-22)16-4-1-13-27-16,23-11-8-20(31-23)17-5-2-14-28-17)24-12-9-21(32-24)18-6-3-15-29-18/h1-15,26H. The van der Waals surface area contributed by atoms with Crippen molar-refractivity contribution in [3.8, 4) is 29.3 Å². The highest BCUT2D eigenvalue weighted by Crippen LogP contribution is 2.49. The highest BCUT2D eigenvalue weighted by Gasteiger charge is 2.38. The Balaban J connectivity index is 1.49. The van der Waals surface area contributed by atoms with Crippen LogP contribution in [-0.4, -0.2) is 5.11 Å². The topological polar surface area (TPSA) is 20.2 Å². The van der Waals surface area contributed by atoms with Crippen molar-refractivity contribution in [1.29, 1.82) is 0 Å². The molecule has 6 aromatic heterocycles. The Kier molecular flexibility index (Phi) is 5.51. The van der Waals surface area contributed by atoms with Gasteiger partial charge in [0.25, 0.3) is 0 Å². The van der Waals surface area contributed by atoms with Gasteiger partial charge in [-0.2, -0.15) is 0 Å². The van der Waals surface area contributed by atoms with Crippen LogP contribution in [0.5, 0.6) is 0 Å². The minimum Gasteiger partial charge on any atom is -0.374 e. The molecule has 0 aromatic carbocycles. The molecule has 0 atom stereocenters. The predicted octanol–water partition coefficient (Wildman–Crippen LogP) is 9.34. The molecule has 6 aromatic rings. The Hall–Kier alpha value is -1.84. The van der Waals surface area contributed by atoms with E-state index in [-0.39, 0.29) is 0 Å². The number of hydrogen-bond donors (Lipinski definition) is 1. The smallest absolute Gasteiger partial charge is 0.167 e. The van der Waals surface area contributed by atoms with Crippen LogP contribution in [0.4, 0.5) is 0 Å². The molecule has 32 heavy (non-hydrogen) atoms. The van der Waals surface area contributed by atoms with E-state index in [4.69, 9.17) is 0 Å². The van der Waals surface area contributed by atoms with Crippen molar-refractivity contribution in [3.05, 3.63) is 104 Å². The molecule has 0 aliphatic carbocycles. The average Bonchev–Trinajstić information content (AvgIpc) is 3.67. The summed E-state index contributed by atoms with van der Waals surface area (Å²) in [5.41, 5.74) is -1.17. The lowest BCUT2D eigenvalue weighted by Gasteiger charge is -2.25. The van der Waals surface area contributed by atoms with Crippen molar-refractivity contribution < 1.29 is 5.11 Å². The van der Waals surface area contributed by atoms with Gasteiger partial charge in [-0.15, -0.1) is 68.0 Å². The molecule has 0 unspecified atom stereocenters. The summed E-state index contributed by atoms with van der Waals surface area (Å²) in [7, 11) is 0. The highest BCUT2D eigenvalue weighted by atomic mass is 32.1. The van der Waals surface area contributed by atoms with E-state index in [0.29, 0.717) is 0 Å². The van der Waals surface area contributed by atoms with Crippen LogP contribution in [0.15, 0.2) is 88.9 Å². The van der Waals surface area contributed by atoms with Crippen LogP contribution in [-0.2, 0) is 5.60 Å². The van der Waals surface area contributed by atoms with Gasteiger partial charge in [-0.05, 0) is 70.7 Å². The van der Waals surface area contributed by atoms with Gasteiger partial charge in [-0.3, -0.25) is 0 Å². The lowest BCUT2D eigenvalue weighted by atomic mass is 9.97. The third-order valence-corrected chi connectivity index (χ3v) is 12.0. The van der Waals surface area contributed by atoms with E-state index in [1.165, 1.54) is 29.3 Å². The summed E-state index contributed by atoms with van der Waals surface area (Å²) in [5.74, 6) is 0. The van der Waals surface area contributed by atoms with Gasteiger partial charge in [0, 0.05) is 43.9 Å². The largest absolute Gasteiger partial charge is 0.374 e. The molecule has 158 valence electrons. The van der Waals surface area contributed by atoms with Gasteiger partial charge >= 0.3 is 0 Å². The zero-order valence-corrected chi connectivity index (χ0v) is 21.5. The van der Waals surface area contributed by atoms with Crippen LogP contribution < -0.4 is 0 Å². The Labute approximate surface area is 210 Å². The molecule has 0 fully saturated rings. The Bertz CT molecular complexity index is 1250. The molecular weight excluding hydrogens is 509 g/mol. The van der Waals surface area contributed by atoms with Gasteiger partial charge in [0.1, 0.15) is 0 Å². The zero-order chi connectivity index (χ0) is 21.5. The van der Waals surface area contributed by atoms with Gasteiger partial charge in [-0.25, -0.2) is 0 Å². The van der Waals surface area contributed by atoms with Crippen molar-refractivity contribution in [3.63, 3.8) is 0 Å². The maximum absolute atomic E-state index is 12.4. The summed E-state index contributed by atoms with van der Waals surface area (Å²) in [6.07, 6.45) is 0. The molecule has 0 aliphatic rings. The number of aliphatic hydroxyl groups is 1. The number of rotatable bonds is 6. The molecule has 6 rings (SSSR count). The second-order valence-electron chi connectivity index (χ2n) is 7.13. The van der Waals surface area contributed by atoms with Crippen molar-refractivity contribution in [2.75, 3.05) is 0 Å². The van der Waals surface area contributed by atoms with Crippen LogP contribution in [0.25, 0.3) is 29.3 Å². The maximum Gasteiger partial charge on any atom is 0.167 e. The first-order valence-electron chi connectivity index (χ1n) is 9.87. The Morgan fingerprint density at radius 2 is 0.781 bits per heavy atom. The normalized spacial score (nSPS) is 11.9. The number of hydrogen-bond acceptors (Lipinski definition) is 7. The second kappa shape index (κ2) is 8.50. The van der Waals surface area contributed by atoms with E-state index in [1.54, 1.807) is 68.0 Å². The Morgan fingerprint density at radius 1 is 0.438 bits per heavy atom. The van der Waals surface area contributed by atoms with Crippen molar-refractivity contribution in [2.45, 2.75) is 5.60 Å². The fourth-order valence-electron chi connectivity index (χ4n) is 3.61. The maximum atomic E-state index is 12.4. The molecular formula is C25H16OS6. The summed E-state index contributed by atoms with van der Waals surface area (Å²) >= 11 is 10.2. The molecule has 6 heterocycles. The molecule has 0 saturated carbocycles. The number of thiophene rings is 6. The SMILES string of the molecule is OC(c1ccc(-c2cccs2)s1)(c1ccc(-c2cccs2)s1)c1ccc(-c2cccs2)s1. The highest BCUT2D eigenvalue weighted by molar-refractivity contribution is 7.24. The molecule has 1 nitrogen and oxygen atoms in total. The second-order valence-corrected chi connectivity index (χ2v) is 13.2. The van der Waals surface area contributed by atoms with E-state index in [9.17, 15) is 5.11 Å². The van der Waals surface area contributed by atoms with E-state index in [1.807, 2.05) is 0 Å². The quantitative estimate of drug-likeness (QED) is 0.230. The molecule has 0 bridgehead atoms. The van der Waals surface area contributed by atoms with Crippen LogP contribution in [0.3, 0.4) is 0 Å². The fraction of sp³-hybridized carbons (Fsp3) is 0.0400. The van der Waals surface area contributed by atoms with E-state index >= 15 is 0 Å². The molecule has 0 radical (unpaired) electrons. The molecule has 0 aliphatic heterocycles. The monoisotopic (exact) mass is 524 g/mol. The summed E-state index contributed by atoms with van der Waals surface area (Å²) in [5, 5.41) is 18.7. The van der Waals surface area contributed by atoms with Crippen molar-refractivity contribution >= 4 is 68.0 Å². The third-order valence-electron chi connectivity index (χ3n) is 5.18. The van der Waals surface area contributed by atoms with Gasteiger partial charge < -0.3 is 5.11 Å². The van der Waals surface area contributed by atoms with Gasteiger partial charge in [-0.1, -0.05) is 18.2 Å². The van der Waals surface area contributed by atoms with Crippen LogP contribution >= 0.6 is 68.0 Å². The molecule has 7 heteroatoms. The average molecular weight is 525 g/mol. The Morgan fingerprint density at radius 3 is 1.06 bits per heavy atom. The summed E-state index contributed by atoms with van der Waals surface area (Å²) in [6.45, 7) is 0. The van der Waals surface area contributed by atoms with Crippen LogP contribution in [0, 0.1) is 0 Å². The van der Waals surface area contributed by atoms with Gasteiger partial charge in [0.15, 0.2) is 5.60 Å². The van der Waals surface area contributed by atoms with Crippen LogP contribution in [0.1, 0.15) is 14.6 Å². The first-order chi connectivity index (χ1) is 15.7. The van der Waals surface area contributed by atoms with Gasteiger partial charge in [0.05, 0.1) is 0 Å². The first kappa shape index (κ1) is 20.7.